The van der Waals surface area contributed by atoms with Gasteiger partial charge in [-0.25, -0.2) is 46.6 Å². The van der Waals surface area contributed by atoms with Crippen LogP contribution in [0.4, 0.5) is 19.2 Å². The quantitative estimate of drug-likeness (QED) is 0.0979. The van der Waals surface area contributed by atoms with E-state index in [0.29, 0.717) is 17.4 Å². The molecule has 410 valence electrons. The number of piperazine rings is 1. The van der Waals surface area contributed by atoms with Gasteiger partial charge in [0.05, 0.1) is 49.9 Å². The third-order valence-electron chi connectivity index (χ3n) is 9.12. The highest BCUT2D eigenvalue weighted by molar-refractivity contribution is 7.88. The summed E-state index contributed by atoms with van der Waals surface area (Å²) in [5.41, 5.74) is 6.98. The van der Waals surface area contributed by atoms with Crippen molar-refractivity contribution in [2.24, 2.45) is 5.73 Å². The fraction of sp³-hybridized carbons (Fsp3) is 0.614. The SMILES string of the molecule is CC(C)NC(=O)N1CCN(S(C)(=O)=O)C1=O.CC(C)NC(=O)c1nc[nH]c1C(=O)O.CCN1CCN(C(=O)NC(C)C)C(=O)C1=O.CNC(=O)CC(N)C(=O)NC(C)C.Cc1cc(C)[n+](C(=O)NC(C)C)cn1. The first-order valence-corrected chi connectivity index (χ1v) is 25.1. The summed E-state index contributed by atoms with van der Waals surface area (Å²) in [5.74, 6) is -3.56. The number of nitrogens with two attached hydrogens (primary N) is 1. The van der Waals surface area contributed by atoms with Gasteiger partial charge in [0.2, 0.25) is 28.2 Å². The van der Waals surface area contributed by atoms with E-state index in [-0.39, 0.29) is 85.5 Å². The molecule has 2 aliphatic heterocycles. The monoisotopic (exact) mass is 1050 g/mol. The number of imide groups is 2. The molecule has 29 heteroatoms. The van der Waals surface area contributed by atoms with Crippen molar-refractivity contribution >= 4 is 69.7 Å². The van der Waals surface area contributed by atoms with Crippen LogP contribution in [0, 0.1) is 13.8 Å². The molecule has 2 fully saturated rings. The maximum absolute atomic E-state index is 11.6. The number of nitrogens with one attached hydrogen (secondary N) is 7. The Morgan fingerprint density at radius 1 is 0.753 bits per heavy atom. The topological polar surface area (TPSA) is 382 Å². The molecule has 0 radical (unpaired) electrons. The number of rotatable bonds is 12. The summed E-state index contributed by atoms with van der Waals surface area (Å²) < 4.78 is 24.6. The number of imidazole rings is 1. The molecule has 0 aliphatic carbocycles. The second kappa shape index (κ2) is 31.2. The van der Waals surface area contributed by atoms with Gasteiger partial charge < -0.3 is 47.3 Å². The molecular formula is C44H76N15O13S+. The third-order valence-corrected chi connectivity index (χ3v) is 10.3. The molecule has 0 aromatic carbocycles. The van der Waals surface area contributed by atoms with E-state index >= 15 is 0 Å². The number of aromatic carboxylic acids is 1. The Hall–Kier alpha value is -7.30. The fourth-order valence-electron chi connectivity index (χ4n) is 5.76. The zero-order valence-corrected chi connectivity index (χ0v) is 45.2. The van der Waals surface area contributed by atoms with Crippen LogP contribution in [0.2, 0.25) is 0 Å². The average molecular weight is 1060 g/mol. The second-order valence-electron chi connectivity index (χ2n) is 17.7. The standard InChI is InChI=1S/C10H17N3O3.C10H15N3O.C8H15N3O4S.C8H11N3O3.C8H17N3O2/c1-4-12-5-6-13(9(15)8(12)14)10(16)11-7(2)3;1-7(2)12-10(14)13-6-11-8(3)5-9(13)4;1-6(2)9-7(12)10-4-5-11(8(10)13)16(3,14)15;1-4(2)11-7(12)5-6(8(13)14)10-3-9-5;1-5(2)11-8(13)6(9)4-7(12)10-3/h7H,4-6H2,1-3H3,(H,11,16);5-7H,1-4H3;6H,4-5H2,1-3H3,(H,9,12);3-4H,1-2H3,(H,9,10)(H,11,12)(H,13,14);5-6H,4,9H2,1-3H3,(H,10,12)(H,11,13)/p+1. The van der Waals surface area contributed by atoms with Crippen LogP contribution < -0.4 is 42.2 Å². The minimum atomic E-state index is -3.58. The molecule has 1 unspecified atom stereocenters. The molecule has 4 heterocycles. The third kappa shape index (κ3) is 23.7. The van der Waals surface area contributed by atoms with E-state index in [9.17, 15) is 56.4 Å². The molecule has 28 nitrogen and oxygen atoms in total. The van der Waals surface area contributed by atoms with Crippen LogP contribution in [-0.2, 0) is 29.2 Å². The first-order valence-electron chi connectivity index (χ1n) is 23.2. The highest BCUT2D eigenvalue weighted by Gasteiger charge is 2.38. The summed E-state index contributed by atoms with van der Waals surface area (Å²) in [6.45, 7) is 25.1. The number of hydrogen-bond acceptors (Lipinski definition) is 15. The number of carboxylic acid groups (broad SMARTS) is 1. The first kappa shape index (κ1) is 65.7. The summed E-state index contributed by atoms with van der Waals surface area (Å²) in [4.78, 5) is 127. The molecule has 4 rings (SSSR count). The molecular weight excluding hydrogens is 979 g/mol. The second-order valence-corrected chi connectivity index (χ2v) is 19.6. The Morgan fingerprint density at radius 2 is 1.26 bits per heavy atom. The fourth-order valence-corrected chi connectivity index (χ4v) is 6.55. The number of carbonyl (C=O) groups excluding carboxylic acids is 9. The van der Waals surface area contributed by atoms with Crippen molar-refractivity contribution in [3.63, 3.8) is 0 Å². The number of hydrogen-bond donors (Lipinski definition) is 9. The van der Waals surface area contributed by atoms with Gasteiger partial charge in [-0.1, -0.05) is 0 Å². The van der Waals surface area contributed by atoms with Gasteiger partial charge in [0.15, 0.2) is 11.4 Å². The van der Waals surface area contributed by atoms with E-state index in [1.165, 1.54) is 22.8 Å². The molecule has 2 aliphatic rings. The van der Waals surface area contributed by atoms with Crippen LogP contribution in [0.3, 0.4) is 0 Å². The Labute approximate surface area is 426 Å². The van der Waals surface area contributed by atoms with E-state index in [2.05, 4.69) is 46.9 Å². The van der Waals surface area contributed by atoms with Gasteiger partial charge in [0.25, 0.3) is 5.91 Å². The predicted octanol–water partition coefficient (Wildman–Crippen LogP) is -0.231. The molecule has 2 aromatic heterocycles. The predicted molar refractivity (Wildman–Crippen MR) is 266 cm³/mol. The summed E-state index contributed by atoms with van der Waals surface area (Å²) in [6, 6.07) is -0.907. The van der Waals surface area contributed by atoms with Crippen molar-refractivity contribution in [1.82, 2.24) is 65.9 Å². The molecule has 2 saturated heterocycles. The van der Waals surface area contributed by atoms with Crippen LogP contribution in [0.25, 0.3) is 0 Å². The van der Waals surface area contributed by atoms with E-state index < -0.39 is 57.8 Å². The number of amides is 12. The van der Waals surface area contributed by atoms with Gasteiger partial charge in [0, 0.05) is 56.9 Å². The number of urea groups is 3. The van der Waals surface area contributed by atoms with Crippen LogP contribution in [0.15, 0.2) is 18.7 Å². The highest BCUT2D eigenvalue weighted by atomic mass is 32.2. The van der Waals surface area contributed by atoms with Crippen LogP contribution >= 0.6 is 0 Å². The van der Waals surface area contributed by atoms with Gasteiger partial charge in [-0.05, 0) is 90.0 Å². The van der Waals surface area contributed by atoms with E-state index in [1.54, 1.807) is 54.8 Å². The van der Waals surface area contributed by atoms with Gasteiger partial charge in [-0.15, -0.1) is 4.98 Å². The maximum Gasteiger partial charge on any atom is 0.440 e. The van der Waals surface area contributed by atoms with Gasteiger partial charge in [-0.3, -0.25) is 34.2 Å². The van der Waals surface area contributed by atoms with Crippen molar-refractivity contribution in [2.75, 3.05) is 46.0 Å². The maximum atomic E-state index is 11.6. The molecule has 0 saturated carbocycles. The Kier molecular flexibility index (Phi) is 28.1. The molecule has 1 atom stereocenters. The van der Waals surface area contributed by atoms with Crippen LogP contribution in [-0.4, -0.2) is 189 Å². The highest BCUT2D eigenvalue weighted by Crippen LogP contribution is 2.13. The summed E-state index contributed by atoms with van der Waals surface area (Å²) >= 11 is 0. The Balaban J connectivity index is 0.000000890. The van der Waals surface area contributed by atoms with Crippen molar-refractivity contribution in [1.29, 1.82) is 0 Å². The normalized spacial score (nSPS) is 13.6. The number of aromatic nitrogens is 4. The lowest BCUT2D eigenvalue weighted by Gasteiger charge is -2.32. The summed E-state index contributed by atoms with van der Waals surface area (Å²) in [7, 11) is -2.08. The molecule has 0 spiro atoms. The number of carbonyl (C=O) groups is 10. The van der Waals surface area contributed by atoms with Crippen molar-refractivity contribution in [3.05, 3.63) is 41.5 Å². The largest absolute Gasteiger partial charge is 0.477 e. The Morgan fingerprint density at radius 3 is 1.70 bits per heavy atom. The lowest BCUT2D eigenvalue weighted by Crippen LogP contribution is -2.58. The number of aryl methyl sites for hydroxylation is 2. The molecule has 2 aromatic rings. The number of aromatic amines is 1. The average Bonchev–Trinajstić information content (AvgIpc) is 3.92. The zero-order valence-electron chi connectivity index (χ0n) is 44.4. The van der Waals surface area contributed by atoms with Gasteiger partial charge in [-0.2, -0.15) is 4.57 Å². The lowest BCUT2D eigenvalue weighted by atomic mass is 10.2. The first-order chi connectivity index (χ1) is 33.7. The minimum Gasteiger partial charge on any atom is -0.477 e. The van der Waals surface area contributed by atoms with Crippen LogP contribution in [0.1, 0.15) is 115 Å². The smallest absolute Gasteiger partial charge is 0.440 e. The molecule has 12 amide bonds. The molecule has 73 heavy (non-hydrogen) atoms. The van der Waals surface area contributed by atoms with Gasteiger partial charge in [0.1, 0.15) is 5.69 Å². The van der Waals surface area contributed by atoms with E-state index in [1.807, 2.05) is 47.6 Å². The van der Waals surface area contributed by atoms with Crippen molar-refractivity contribution in [3.8, 4) is 0 Å². The number of sulfonamides is 1. The number of likely N-dealkylation sites (N-methyl/N-ethyl adjacent to an activating group) is 1. The summed E-state index contributed by atoms with van der Waals surface area (Å²) in [6.07, 6.45) is 3.69. The van der Waals surface area contributed by atoms with E-state index in [0.717, 1.165) is 27.4 Å². The molecule has 0 bridgehead atoms. The number of H-pyrrole nitrogens is 1. The van der Waals surface area contributed by atoms with Crippen molar-refractivity contribution in [2.45, 2.75) is 133 Å². The van der Waals surface area contributed by atoms with Gasteiger partial charge >= 0.3 is 41.9 Å². The number of nitrogens with zero attached hydrogens (tertiary/aromatic N) is 7. The van der Waals surface area contributed by atoms with Crippen LogP contribution in [0.5, 0.6) is 0 Å². The summed E-state index contributed by atoms with van der Waals surface area (Å²) in [5, 5.41) is 24.2. The van der Waals surface area contributed by atoms with Crippen molar-refractivity contribution < 1.29 is 66.0 Å². The minimum absolute atomic E-state index is 0.0170. The Bertz CT molecular complexity index is 2360. The van der Waals surface area contributed by atoms with E-state index in [4.69, 9.17) is 10.8 Å². The number of carboxylic acids is 1. The molecule has 10 N–H and O–H groups in total. The zero-order chi connectivity index (χ0) is 56.7. The lowest BCUT2D eigenvalue weighted by molar-refractivity contribution is -0.582.